The van der Waals surface area contributed by atoms with Crippen molar-refractivity contribution in [1.29, 1.82) is 0 Å². The van der Waals surface area contributed by atoms with E-state index in [1.54, 1.807) is 22.8 Å². The van der Waals surface area contributed by atoms with Gasteiger partial charge in [0, 0.05) is 17.1 Å². The van der Waals surface area contributed by atoms with Crippen LogP contribution < -0.4 is 10.9 Å². The summed E-state index contributed by atoms with van der Waals surface area (Å²) in [6, 6.07) is 6.12. The SMILES string of the molecule is Cc1sc2nc3n(c(=O)c2c1C)CC/C3=C/c1cccc(NC(=O)C(F)(F)F)c1. The first kappa shape index (κ1) is 19.4. The molecule has 0 spiro atoms. The van der Waals surface area contributed by atoms with Crippen LogP contribution in [-0.2, 0) is 11.3 Å². The van der Waals surface area contributed by atoms with Gasteiger partial charge in [-0.25, -0.2) is 4.98 Å². The monoisotopic (exact) mass is 419 g/mol. The average molecular weight is 419 g/mol. The molecule has 1 aliphatic heterocycles. The number of nitrogens with zero attached hydrogens (tertiary/aromatic N) is 2. The van der Waals surface area contributed by atoms with Crippen molar-refractivity contribution in [3.05, 3.63) is 56.4 Å². The number of nitrogens with one attached hydrogen (secondary N) is 1. The van der Waals surface area contributed by atoms with E-state index in [0.29, 0.717) is 34.6 Å². The zero-order valence-electron chi connectivity index (χ0n) is 15.6. The number of carbonyl (C=O) groups excluding carboxylic acids is 1. The van der Waals surface area contributed by atoms with Crippen molar-refractivity contribution in [3.63, 3.8) is 0 Å². The van der Waals surface area contributed by atoms with E-state index in [0.717, 1.165) is 16.0 Å². The van der Waals surface area contributed by atoms with Gasteiger partial charge in [0.2, 0.25) is 0 Å². The molecule has 5 nitrogen and oxygen atoms in total. The largest absolute Gasteiger partial charge is 0.471 e. The van der Waals surface area contributed by atoms with Crippen molar-refractivity contribution >= 4 is 44.8 Å². The molecule has 1 amide bonds. The molecule has 0 radical (unpaired) electrons. The van der Waals surface area contributed by atoms with Gasteiger partial charge in [0.25, 0.3) is 5.56 Å². The zero-order valence-corrected chi connectivity index (χ0v) is 16.4. The number of anilines is 1. The van der Waals surface area contributed by atoms with Crippen LogP contribution in [0.3, 0.4) is 0 Å². The molecule has 4 rings (SSSR count). The molecule has 3 heterocycles. The number of aromatic nitrogens is 2. The summed E-state index contributed by atoms with van der Waals surface area (Å²) in [5.74, 6) is -1.44. The second-order valence-corrected chi connectivity index (χ2v) is 8.06. The molecule has 9 heteroatoms. The van der Waals surface area contributed by atoms with Gasteiger partial charge in [-0.1, -0.05) is 12.1 Å². The van der Waals surface area contributed by atoms with Crippen LogP contribution in [0, 0.1) is 13.8 Å². The van der Waals surface area contributed by atoms with Crippen molar-refractivity contribution in [1.82, 2.24) is 9.55 Å². The van der Waals surface area contributed by atoms with Gasteiger partial charge in [-0.15, -0.1) is 11.3 Å². The number of rotatable bonds is 2. The lowest BCUT2D eigenvalue weighted by Gasteiger charge is -2.08. The lowest BCUT2D eigenvalue weighted by atomic mass is 10.1. The number of halogens is 3. The molecule has 2 aromatic heterocycles. The van der Waals surface area contributed by atoms with Gasteiger partial charge in [-0.05, 0) is 55.2 Å². The highest BCUT2D eigenvalue weighted by molar-refractivity contribution is 7.18. The molecule has 0 unspecified atom stereocenters. The number of thiophene rings is 1. The Labute approximate surface area is 167 Å². The second kappa shape index (κ2) is 6.84. The fourth-order valence-corrected chi connectivity index (χ4v) is 4.39. The van der Waals surface area contributed by atoms with Crippen LogP contribution in [0.15, 0.2) is 29.1 Å². The van der Waals surface area contributed by atoms with Gasteiger partial charge in [0.15, 0.2) is 0 Å². The molecule has 1 aliphatic rings. The van der Waals surface area contributed by atoms with E-state index in [1.807, 2.05) is 19.2 Å². The predicted molar refractivity (Wildman–Crippen MR) is 107 cm³/mol. The predicted octanol–water partition coefficient (Wildman–Crippen LogP) is 4.52. The van der Waals surface area contributed by atoms with Gasteiger partial charge in [-0.2, -0.15) is 13.2 Å². The summed E-state index contributed by atoms with van der Waals surface area (Å²) in [7, 11) is 0. The number of allylic oxidation sites excluding steroid dienone is 1. The summed E-state index contributed by atoms with van der Waals surface area (Å²) in [4.78, 5) is 30.4. The molecule has 1 aromatic carbocycles. The standard InChI is InChI=1S/C20H16F3N3O2S/c1-10-11(2)29-17-15(10)18(27)26-7-6-13(16(26)25-17)8-12-4-3-5-14(9-12)24-19(28)20(21,22)23/h3-5,8-9H,6-7H2,1-2H3,(H,24,28)/b13-8-. The Balaban J connectivity index is 1.72. The maximum absolute atomic E-state index is 12.9. The minimum atomic E-state index is -4.95. The van der Waals surface area contributed by atoms with Gasteiger partial charge >= 0.3 is 12.1 Å². The van der Waals surface area contributed by atoms with Crippen LogP contribution in [0.4, 0.5) is 18.9 Å². The highest BCUT2D eigenvalue weighted by Gasteiger charge is 2.38. The normalized spacial score (nSPS) is 15.1. The third-order valence-corrected chi connectivity index (χ3v) is 6.02. The van der Waals surface area contributed by atoms with Crippen molar-refractivity contribution in [2.75, 3.05) is 5.32 Å². The number of amides is 1. The van der Waals surface area contributed by atoms with E-state index in [4.69, 9.17) is 0 Å². The number of fused-ring (bicyclic) bond motifs is 2. The first-order valence-corrected chi connectivity index (χ1v) is 9.66. The first-order chi connectivity index (χ1) is 13.6. The Morgan fingerprint density at radius 1 is 1.31 bits per heavy atom. The Morgan fingerprint density at radius 3 is 2.79 bits per heavy atom. The highest BCUT2D eigenvalue weighted by atomic mass is 32.1. The van der Waals surface area contributed by atoms with Crippen LogP contribution in [0.5, 0.6) is 0 Å². The topological polar surface area (TPSA) is 64.0 Å². The summed E-state index contributed by atoms with van der Waals surface area (Å²) >= 11 is 1.47. The van der Waals surface area contributed by atoms with Crippen molar-refractivity contribution in [2.45, 2.75) is 33.0 Å². The van der Waals surface area contributed by atoms with Crippen LogP contribution >= 0.6 is 11.3 Å². The van der Waals surface area contributed by atoms with Crippen LogP contribution in [-0.4, -0.2) is 21.6 Å². The minimum Gasteiger partial charge on any atom is -0.318 e. The molecule has 0 fully saturated rings. The van der Waals surface area contributed by atoms with Gasteiger partial charge in [-0.3, -0.25) is 14.2 Å². The number of hydrogen-bond donors (Lipinski definition) is 1. The maximum Gasteiger partial charge on any atom is 0.471 e. The Kier molecular flexibility index (Phi) is 4.57. The number of carbonyl (C=O) groups is 1. The van der Waals surface area contributed by atoms with E-state index < -0.39 is 12.1 Å². The molecular weight excluding hydrogens is 403 g/mol. The second-order valence-electron chi connectivity index (χ2n) is 6.85. The number of hydrogen-bond acceptors (Lipinski definition) is 4. The summed E-state index contributed by atoms with van der Waals surface area (Å²) in [6.07, 6.45) is -2.57. The fraction of sp³-hybridized carbons (Fsp3) is 0.250. The third-order valence-electron chi connectivity index (χ3n) is 4.92. The molecule has 150 valence electrons. The summed E-state index contributed by atoms with van der Waals surface area (Å²) in [5.41, 5.74) is 2.36. The minimum absolute atomic E-state index is 0.0463. The van der Waals surface area contributed by atoms with E-state index >= 15 is 0 Å². The molecule has 0 saturated carbocycles. The van der Waals surface area contributed by atoms with Gasteiger partial charge in [0.05, 0.1) is 5.39 Å². The van der Waals surface area contributed by atoms with Crippen LogP contribution in [0.25, 0.3) is 21.9 Å². The van der Waals surface area contributed by atoms with Crippen molar-refractivity contribution in [3.8, 4) is 0 Å². The Bertz CT molecular complexity index is 1240. The molecule has 1 N–H and O–H groups in total. The molecule has 0 aliphatic carbocycles. The van der Waals surface area contributed by atoms with Gasteiger partial charge in [0.1, 0.15) is 10.7 Å². The van der Waals surface area contributed by atoms with Crippen LogP contribution in [0.1, 0.15) is 28.2 Å². The number of alkyl halides is 3. The van der Waals surface area contributed by atoms with E-state index in [1.165, 1.54) is 23.5 Å². The quantitative estimate of drug-likeness (QED) is 0.664. The van der Waals surface area contributed by atoms with Crippen molar-refractivity contribution < 1.29 is 18.0 Å². The van der Waals surface area contributed by atoms with Crippen molar-refractivity contribution in [2.24, 2.45) is 0 Å². The lowest BCUT2D eigenvalue weighted by Crippen LogP contribution is -2.29. The third kappa shape index (κ3) is 3.46. The number of aryl methyl sites for hydroxylation is 2. The highest BCUT2D eigenvalue weighted by Crippen LogP contribution is 2.32. The summed E-state index contributed by atoms with van der Waals surface area (Å²) < 4.78 is 39.0. The molecule has 0 saturated heterocycles. The van der Waals surface area contributed by atoms with Gasteiger partial charge < -0.3 is 5.32 Å². The molecule has 0 atom stereocenters. The van der Waals surface area contributed by atoms with E-state index in [9.17, 15) is 22.8 Å². The Hall–Kier alpha value is -2.94. The average Bonchev–Trinajstić information content (AvgIpc) is 3.16. The summed E-state index contributed by atoms with van der Waals surface area (Å²) in [5, 5.41) is 2.49. The first-order valence-electron chi connectivity index (χ1n) is 8.85. The fourth-order valence-electron chi connectivity index (χ4n) is 3.37. The summed E-state index contributed by atoms with van der Waals surface area (Å²) in [6.45, 7) is 4.37. The van der Waals surface area contributed by atoms with Crippen LogP contribution in [0.2, 0.25) is 0 Å². The molecular formula is C20H16F3N3O2S. The molecule has 3 aromatic rings. The molecule has 29 heavy (non-hydrogen) atoms. The van der Waals surface area contributed by atoms with E-state index in [-0.39, 0.29) is 11.2 Å². The van der Waals surface area contributed by atoms with E-state index in [2.05, 4.69) is 4.98 Å². The lowest BCUT2D eigenvalue weighted by molar-refractivity contribution is -0.167. The maximum atomic E-state index is 12.9. The number of benzene rings is 1. The smallest absolute Gasteiger partial charge is 0.318 e. The zero-order chi connectivity index (χ0) is 20.9. The molecule has 0 bridgehead atoms. The Morgan fingerprint density at radius 2 is 2.07 bits per heavy atom.